The van der Waals surface area contributed by atoms with Crippen molar-refractivity contribution in [2.24, 2.45) is 0 Å². The number of nitrogens with zero attached hydrogens (tertiary/aromatic N) is 2. The van der Waals surface area contributed by atoms with E-state index in [-0.39, 0.29) is 21.6 Å². The highest BCUT2D eigenvalue weighted by atomic mass is 32.2. The van der Waals surface area contributed by atoms with E-state index in [1.54, 1.807) is 24.5 Å². The fourth-order valence-corrected chi connectivity index (χ4v) is 4.85. The second kappa shape index (κ2) is 7.85. The second-order valence-electron chi connectivity index (χ2n) is 5.63. The smallest absolute Gasteiger partial charge is 0.261 e. The van der Waals surface area contributed by atoms with Crippen molar-refractivity contribution in [2.75, 3.05) is 7.11 Å². The van der Waals surface area contributed by atoms with Gasteiger partial charge in [0.05, 0.1) is 41.0 Å². The number of amides is 1. The number of aryl methyl sites for hydroxylation is 1. The van der Waals surface area contributed by atoms with Crippen LogP contribution in [-0.2, 0) is 16.4 Å². The van der Waals surface area contributed by atoms with Crippen molar-refractivity contribution in [3.63, 3.8) is 0 Å². The Morgan fingerprint density at radius 3 is 2.48 bits per heavy atom. The molecule has 0 aliphatic rings. The maximum atomic E-state index is 12.7. The summed E-state index contributed by atoms with van der Waals surface area (Å²) in [5.74, 6) is 0.206. The van der Waals surface area contributed by atoms with Crippen molar-refractivity contribution in [2.45, 2.75) is 22.6 Å². The number of rotatable bonds is 6. The first-order chi connectivity index (χ1) is 12.9. The summed E-state index contributed by atoms with van der Waals surface area (Å²) in [6.45, 7) is 2.04. The van der Waals surface area contributed by atoms with E-state index < -0.39 is 9.84 Å². The minimum Gasteiger partial charge on any atom is -0.497 e. The van der Waals surface area contributed by atoms with Crippen molar-refractivity contribution < 1.29 is 17.9 Å². The summed E-state index contributed by atoms with van der Waals surface area (Å²) in [6.07, 6.45) is 3.20. The molecule has 7 nitrogen and oxygen atoms in total. The molecule has 0 bridgehead atoms. The van der Waals surface area contributed by atoms with Gasteiger partial charge in [-0.25, -0.2) is 8.42 Å². The molecule has 1 aromatic carbocycles. The van der Waals surface area contributed by atoms with Crippen molar-refractivity contribution in [1.82, 2.24) is 15.3 Å². The van der Waals surface area contributed by atoms with Crippen LogP contribution in [0.4, 0.5) is 0 Å². The van der Waals surface area contributed by atoms with Crippen LogP contribution in [0.3, 0.4) is 0 Å². The van der Waals surface area contributed by atoms with Crippen molar-refractivity contribution in [3.05, 3.63) is 65.1 Å². The van der Waals surface area contributed by atoms with E-state index in [2.05, 4.69) is 15.3 Å². The lowest BCUT2D eigenvalue weighted by molar-refractivity contribution is 0.0954. The number of benzene rings is 1. The molecule has 9 heteroatoms. The van der Waals surface area contributed by atoms with E-state index in [4.69, 9.17) is 4.74 Å². The maximum absolute atomic E-state index is 12.7. The summed E-state index contributed by atoms with van der Waals surface area (Å²) in [7, 11) is -2.18. The molecule has 0 radical (unpaired) electrons. The third-order valence-electron chi connectivity index (χ3n) is 3.70. The lowest BCUT2D eigenvalue weighted by atomic mass is 10.3. The molecule has 0 fully saturated rings. The Morgan fingerprint density at radius 1 is 1.11 bits per heavy atom. The average molecular weight is 403 g/mol. The lowest BCUT2D eigenvalue weighted by Crippen LogP contribution is -2.22. The number of nitrogens with one attached hydrogen (secondary N) is 1. The van der Waals surface area contributed by atoms with Crippen LogP contribution in [0.15, 0.2) is 57.9 Å². The third kappa shape index (κ3) is 4.32. The normalized spacial score (nSPS) is 11.2. The van der Waals surface area contributed by atoms with Gasteiger partial charge in [0.2, 0.25) is 9.84 Å². The molecule has 0 atom stereocenters. The third-order valence-corrected chi connectivity index (χ3v) is 7.05. The first kappa shape index (κ1) is 19.0. The van der Waals surface area contributed by atoms with E-state index in [0.29, 0.717) is 16.3 Å². The Morgan fingerprint density at radius 2 is 1.85 bits per heavy atom. The van der Waals surface area contributed by atoms with Gasteiger partial charge in [-0.3, -0.25) is 14.8 Å². The van der Waals surface area contributed by atoms with E-state index in [9.17, 15) is 13.2 Å². The minimum atomic E-state index is -3.69. The van der Waals surface area contributed by atoms with Gasteiger partial charge in [-0.1, -0.05) is 0 Å². The number of hydrogen-bond acceptors (Lipinski definition) is 7. The molecule has 2 heterocycles. The standard InChI is InChI=1S/C18H17N3O4S2/c1-12-9-20-13(10-19-12)11-21-18(22)16-7-8-17(26-16)27(23,24)15-5-3-14(25-2)4-6-15/h3-10H,11H2,1-2H3,(H,21,22). The number of sulfone groups is 1. The van der Waals surface area contributed by atoms with Gasteiger partial charge in [-0.15, -0.1) is 11.3 Å². The number of thiophene rings is 1. The van der Waals surface area contributed by atoms with Gasteiger partial charge in [0, 0.05) is 6.20 Å². The first-order valence-electron chi connectivity index (χ1n) is 7.95. The fourth-order valence-electron chi connectivity index (χ4n) is 2.23. The predicted molar refractivity (Wildman–Crippen MR) is 101 cm³/mol. The van der Waals surface area contributed by atoms with Gasteiger partial charge >= 0.3 is 0 Å². The summed E-state index contributed by atoms with van der Waals surface area (Å²) in [5, 5.41) is 2.71. The Bertz CT molecular complexity index is 1040. The summed E-state index contributed by atoms with van der Waals surface area (Å²) in [4.78, 5) is 21.0. The SMILES string of the molecule is COc1ccc(S(=O)(=O)c2ccc(C(=O)NCc3cnc(C)cn3)s2)cc1. The molecule has 27 heavy (non-hydrogen) atoms. The highest BCUT2D eigenvalue weighted by Gasteiger charge is 2.21. The molecule has 0 unspecified atom stereocenters. The number of hydrogen-bond donors (Lipinski definition) is 1. The number of ether oxygens (including phenoxy) is 1. The van der Waals surface area contributed by atoms with Gasteiger partial charge in [0.1, 0.15) is 9.96 Å². The molecule has 1 amide bonds. The fraction of sp³-hybridized carbons (Fsp3) is 0.167. The highest BCUT2D eigenvalue weighted by Crippen LogP contribution is 2.28. The van der Waals surface area contributed by atoms with Crippen LogP contribution in [0.1, 0.15) is 21.1 Å². The quantitative estimate of drug-likeness (QED) is 0.679. The highest BCUT2D eigenvalue weighted by molar-refractivity contribution is 7.93. The first-order valence-corrected chi connectivity index (χ1v) is 10.2. The van der Waals surface area contributed by atoms with Crippen LogP contribution in [-0.4, -0.2) is 31.4 Å². The lowest BCUT2D eigenvalue weighted by Gasteiger charge is -2.04. The van der Waals surface area contributed by atoms with Crippen LogP contribution in [0, 0.1) is 6.92 Å². The molecule has 3 aromatic rings. The van der Waals surface area contributed by atoms with Gasteiger partial charge in [-0.05, 0) is 43.3 Å². The predicted octanol–water partition coefficient (Wildman–Crippen LogP) is 2.62. The summed E-state index contributed by atoms with van der Waals surface area (Å²) >= 11 is 0.923. The summed E-state index contributed by atoms with van der Waals surface area (Å²) < 4.78 is 30.5. The van der Waals surface area contributed by atoms with Crippen LogP contribution >= 0.6 is 11.3 Å². The minimum absolute atomic E-state index is 0.105. The number of carbonyl (C=O) groups excluding carboxylic acids is 1. The average Bonchev–Trinajstić information content (AvgIpc) is 3.18. The molecule has 140 valence electrons. The molecular weight excluding hydrogens is 386 g/mol. The molecule has 0 aliphatic carbocycles. The molecule has 3 rings (SSSR count). The zero-order chi connectivity index (χ0) is 19.4. The van der Waals surface area contributed by atoms with E-state index >= 15 is 0 Å². The van der Waals surface area contributed by atoms with E-state index in [1.807, 2.05) is 6.92 Å². The number of carbonyl (C=O) groups is 1. The van der Waals surface area contributed by atoms with E-state index in [0.717, 1.165) is 17.0 Å². The molecule has 0 aliphatic heterocycles. The Hall–Kier alpha value is -2.78. The maximum Gasteiger partial charge on any atom is 0.261 e. The zero-order valence-electron chi connectivity index (χ0n) is 14.7. The number of aromatic nitrogens is 2. The van der Waals surface area contributed by atoms with Gasteiger partial charge in [0.25, 0.3) is 5.91 Å². The van der Waals surface area contributed by atoms with Crippen molar-refractivity contribution in [3.8, 4) is 5.75 Å². The molecule has 0 spiro atoms. The van der Waals surface area contributed by atoms with Crippen LogP contribution in [0.5, 0.6) is 5.75 Å². The van der Waals surface area contributed by atoms with Crippen molar-refractivity contribution in [1.29, 1.82) is 0 Å². The molecule has 1 N–H and O–H groups in total. The second-order valence-corrected chi connectivity index (χ2v) is 8.89. The van der Waals surface area contributed by atoms with Crippen LogP contribution in [0.2, 0.25) is 0 Å². The topological polar surface area (TPSA) is 98.2 Å². The van der Waals surface area contributed by atoms with Crippen molar-refractivity contribution >= 4 is 27.1 Å². The van der Waals surface area contributed by atoms with E-state index in [1.165, 1.54) is 31.4 Å². The van der Waals surface area contributed by atoms with Crippen LogP contribution in [0.25, 0.3) is 0 Å². The Balaban J connectivity index is 1.72. The van der Waals surface area contributed by atoms with Crippen LogP contribution < -0.4 is 10.1 Å². The summed E-state index contributed by atoms with van der Waals surface area (Å²) in [5.41, 5.74) is 1.41. The molecule has 2 aromatic heterocycles. The molecule has 0 saturated heterocycles. The molecular formula is C18H17N3O4S2. The van der Waals surface area contributed by atoms with Gasteiger partial charge < -0.3 is 10.1 Å². The number of methoxy groups -OCH3 is 1. The largest absolute Gasteiger partial charge is 0.497 e. The molecule has 0 saturated carbocycles. The Kier molecular flexibility index (Phi) is 5.52. The monoisotopic (exact) mass is 403 g/mol. The summed E-state index contributed by atoms with van der Waals surface area (Å²) in [6, 6.07) is 9.04. The van der Waals surface area contributed by atoms with Gasteiger partial charge in [0.15, 0.2) is 0 Å². The zero-order valence-corrected chi connectivity index (χ0v) is 16.3. The van der Waals surface area contributed by atoms with Gasteiger partial charge in [-0.2, -0.15) is 0 Å². The Labute approximate surface area is 161 Å².